The van der Waals surface area contributed by atoms with Crippen LogP contribution in [0.5, 0.6) is 0 Å². The number of ether oxygens (including phenoxy) is 1. The van der Waals surface area contributed by atoms with Crippen LogP contribution in [0.3, 0.4) is 0 Å². The molecule has 1 aliphatic rings. The zero-order valence-corrected chi connectivity index (χ0v) is 13.6. The summed E-state index contributed by atoms with van der Waals surface area (Å²) in [5.41, 5.74) is 2.31. The molecule has 1 fully saturated rings. The number of carbonyl (C=O) groups is 2. The average molecular weight is 334 g/mol. The van der Waals surface area contributed by atoms with Crippen molar-refractivity contribution in [1.82, 2.24) is 0 Å². The molecule has 25 heavy (non-hydrogen) atoms. The first-order chi connectivity index (χ1) is 12.2. The number of amides is 2. The SMILES string of the molecule is C#Cc1cccc(NC(=O)c2cccc(NC(=O)[C@@H]3CCCO3)c2)c1. The number of rotatable bonds is 4. The van der Waals surface area contributed by atoms with Crippen LogP contribution in [0, 0.1) is 12.3 Å². The molecule has 2 aromatic carbocycles. The van der Waals surface area contributed by atoms with Crippen LogP contribution in [0.4, 0.5) is 11.4 Å². The fourth-order valence-corrected chi connectivity index (χ4v) is 2.64. The molecule has 3 rings (SSSR count). The normalized spacial score (nSPS) is 16.0. The van der Waals surface area contributed by atoms with Crippen LogP contribution in [0.1, 0.15) is 28.8 Å². The van der Waals surface area contributed by atoms with Crippen molar-refractivity contribution in [2.45, 2.75) is 18.9 Å². The summed E-state index contributed by atoms with van der Waals surface area (Å²) in [4.78, 5) is 24.5. The molecule has 0 aromatic heterocycles. The molecular weight excluding hydrogens is 316 g/mol. The van der Waals surface area contributed by atoms with Gasteiger partial charge in [-0.2, -0.15) is 0 Å². The van der Waals surface area contributed by atoms with Crippen LogP contribution in [-0.2, 0) is 9.53 Å². The van der Waals surface area contributed by atoms with E-state index >= 15 is 0 Å². The van der Waals surface area contributed by atoms with E-state index in [1.807, 2.05) is 0 Å². The van der Waals surface area contributed by atoms with E-state index in [1.165, 1.54) is 0 Å². The molecule has 1 aliphatic heterocycles. The Morgan fingerprint density at radius 2 is 1.84 bits per heavy atom. The Bertz CT molecular complexity index is 833. The molecule has 2 aromatic rings. The van der Waals surface area contributed by atoms with E-state index in [2.05, 4.69) is 16.6 Å². The van der Waals surface area contributed by atoms with Crippen molar-refractivity contribution in [2.75, 3.05) is 17.2 Å². The molecule has 0 radical (unpaired) electrons. The quantitative estimate of drug-likeness (QED) is 0.845. The molecule has 0 saturated carbocycles. The van der Waals surface area contributed by atoms with Crippen molar-refractivity contribution >= 4 is 23.2 Å². The number of terminal acetylenes is 1. The molecule has 2 N–H and O–H groups in total. The maximum absolute atomic E-state index is 12.4. The molecule has 126 valence electrons. The molecular formula is C20H18N2O3. The van der Waals surface area contributed by atoms with Crippen molar-refractivity contribution in [1.29, 1.82) is 0 Å². The zero-order chi connectivity index (χ0) is 17.6. The number of hydrogen-bond acceptors (Lipinski definition) is 3. The van der Waals surface area contributed by atoms with Gasteiger partial charge in [0.05, 0.1) is 0 Å². The molecule has 5 heteroatoms. The number of anilines is 2. The fraction of sp³-hybridized carbons (Fsp3) is 0.200. The summed E-state index contributed by atoms with van der Waals surface area (Å²) < 4.78 is 5.36. The fourth-order valence-electron chi connectivity index (χ4n) is 2.64. The topological polar surface area (TPSA) is 67.4 Å². The van der Waals surface area contributed by atoms with Gasteiger partial charge in [-0.15, -0.1) is 6.42 Å². The first-order valence-electron chi connectivity index (χ1n) is 8.06. The lowest BCUT2D eigenvalue weighted by molar-refractivity contribution is -0.124. The van der Waals surface area contributed by atoms with Gasteiger partial charge in [-0.3, -0.25) is 9.59 Å². The van der Waals surface area contributed by atoms with E-state index in [9.17, 15) is 9.59 Å². The van der Waals surface area contributed by atoms with Crippen LogP contribution < -0.4 is 10.6 Å². The van der Waals surface area contributed by atoms with E-state index in [0.717, 1.165) is 12.8 Å². The third-order valence-electron chi connectivity index (χ3n) is 3.90. The minimum atomic E-state index is -0.413. The highest BCUT2D eigenvalue weighted by Crippen LogP contribution is 2.17. The molecule has 1 heterocycles. The number of hydrogen-bond donors (Lipinski definition) is 2. The molecule has 0 bridgehead atoms. The van der Waals surface area contributed by atoms with Gasteiger partial charge in [0.1, 0.15) is 6.10 Å². The van der Waals surface area contributed by atoms with E-state index in [0.29, 0.717) is 29.1 Å². The smallest absolute Gasteiger partial charge is 0.255 e. The second-order valence-corrected chi connectivity index (χ2v) is 5.75. The molecule has 1 atom stereocenters. The summed E-state index contributed by atoms with van der Waals surface area (Å²) in [5.74, 6) is 2.07. The summed E-state index contributed by atoms with van der Waals surface area (Å²) in [6, 6.07) is 13.8. The van der Waals surface area contributed by atoms with Crippen molar-refractivity contribution in [3.8, 4) is 12.3 Å². The van der Waals surface area contributed by atoms with Crippen LogP contribution in [-0.4, -0.2) is 24.5 Å². The predicted octanol–water partition coefficient (Wildman–Crippen LogP) is 3.04. The van der Waals surface area contributed by atoms with Crippen molar-refractivity contribution in [3.63, 3.8) is 0 Å². The van der Waals surface area contributed by atoms with Gasteiger partial charge in [-0.1, -0.05) is 18.1 Å². The molecule has 2 amide bonds. The Kier molecular flexibility index (Phi) is 5.12. The van der Waals surface area contributed by atoms with E-state index in [1.54, 1.807) is 48.5 Å². The maximum atomic E-state index is 12.4. The molecule has 5 nitrogen and oxygen atoms in total. The Morgan fingerprint density at radius 3 is 2.56 bits per heavy atom. The third kappa shape index (κ3) is 4.25. The van der Waals surface area contributed by atoms with Gasteiger partial charge in [0.2, 0.25) is 0 Å². The minimum absolute atomic E-state index is 0.184. The predicted molar refractivity (Wildman–Crippen MR) is 96.4 cm³/mol. The first kappa shape index (κ1) is 16.7. The standard InChI is InChI=1S/C20H18N2O3/c1-2-14-6-3-8-16(12-14)21-19(23)15-7-4-9-17(13-15)22-20(24)18-10-5-11-25-18/h1,3-4,6-9,12-13,18H,5,10-11H2,(H,21,23)(H,22,24)/t18-/m0/s1. The van der Waals surface area contributed by atoms with Crippen molar-refractivity contribution < 1.29 is 14.3 Å². The number of carbonyl (C=O) groups excluding carboxylic acids is 2. The van der Waals surface area contributed by atoms with Crippen molar-refractivity contribution in [3.05, 3.63) is 59.7 Å². The van der Waals surface area contributed by atoms with Gasteiger partial charge < -0.3 is 15.4 Å². The summed E-state index contributed by atoms with van der Waals surface area (Å²) in [5, 5.41) is 5.59. The van der Waals surface area contributed by atoms with Gasteiger partial charge >= 0.3 is 0 Å². The highest BCUT2D eigenvalue weighted by molar-refractivity contribution is 6.05. The van der Waals surface area contributed by atoms with E-state index in [4.69, 9.17) is 11.2 Å². The van der Waals surface area contributed by atoms with Gasteiger partial charge in [0.15, 0.2) is 0 Å². The summed E-state index contributed by atoms with van der Waals surface area (Å²) in [7, 11) is 0. The Morgan fingerprint density at radius 1 is 1.08 bits per heavy atom. The second-order valence-electron chi connectivity index (χ2n) is 5.75. The lowest BCUT2D eigenvalue weighted by atomic mass is 10.1. The highest BCUT2D eigenvalue weighted by atomic mass is 16.5. The van der Waals surface area contributed by atoms with Crippen molar-refractivity contribution in [2.24, 2.45) is 0 Å². The number of benzene rings is 2. The van der Waals surface area contributed by atoms with Crippen LogP contribution in [0.15, 0.2) is 48.5 Å². The van der Waals surface area contributed by atoms with Gasteiger partial charge in [0.25, 0.3) is 11.8 Å². The van der Waals surface area contributed by atoms with Gasteiger partial charge in [0, 0.05) is 29.1 Å². The van der Waals surface area contributed by atoms with E-state index < -0.39 is 6.10 Å². The Balaban J connectivity index is 1.68. The molecule has 0 spiro atoms. The zero-order valence-electron chi connectivity index (χ0n) is 13.6. The Hall–Kier alpha value is -3.10. The van der Waals surface area contributed by atoms with Gasteiger partial charge in [-0.25, -0.2) is 0 Å². The monoisotopic (exact) mass is 334 g/mol. The summed E-state index contributed by atoms with van der Waals surface area (Å²) >= 11 is 0. The Labute approximate surface area is 146 Å². The maximum Gasteiger partial charge on any atom is 0.255 e. The highest BCUT2D eigenvalue weighted by Gasteiger charge is 2.23. The largest absolute Gasteiger partial charge is 0.368 e. The van der Waals surface area contributed by atoms with E-state index in [-0.39, 0.29) is 11.8 Å². The molecule has 0 unspecified atom stereocenters. The van der Waals surface area contributed by atoms with Gasteiger partial charge in [-0.05, 0) is 49.2 Å². The average Bonchev–Trinajstić information content (AvgIpc) is 3.17. The van der Waals surface area contributed by atoms with Crippen LogP contribution in [0.2, 0.25) is 0 Å². The second kappa shape index (κ2) is 7.65. The first-order valence-corrected chi connectivity index (χ1v) is 8.06. The lowest BCUT2D eigenvalue weighted by Gasteiger charge is -2.11. The van der Waals surface area contributed by atoms with Crippen LogP contribution in [0.25, 0.3) is 0 Å². The number of nitrogens with one attached hydrogen (secondary N) is 2. The summed E-state index contributed by atoms with van der Waals surface area (Å²) in [6.07, 6.45) is 6.56. The summed E-state index contributed by atoms with van der Waals surface area (Å²) in [6.45, 7) is 0.608. The molecule has 1 saturated heterocycles. The van der Waals surface area contributed by atoms with Crippen LogP contribution >= 0.6 is 0 Å². The minimum Gasteiger partial charge on any atom is -0.368 e. The molecule has 0 aliphatic carbocycles. The third-order valence-corrected chi connectivity index (χ3v) is 3.90. The lowest BCUT2D eigenvalue weighted by Crippen LogP contribution is -2.27.